The lowest BCUT2D eigenvalue weighted by atomic mass is 10.0. The van der Waals surface area contributed by atoms with Crippen molar-refractivity contribution in [3.8, 4) is 22.6 Å². The van der Waals surface area contributed by atoms with Crippen molar-refractivity contribution in [2.45, 2.75) is 38.8 Å². The molecule has 0 unspecified atom stereocenters. The summed E-state index contributed by atoms with van der Waals surface area (Å²) in [7, 11) is 3.35. The maximum atomic E-state index is 12.7. The number of carbonyl (C=O) groups is 2. The van der Waals surface area contributed by atoms with E-state index in [1.165, 1.54) is 7.11 Å². The van der Waals surface area contributed by atoms with Gasteiger partial charge >= 0.3 is 5.97 Å². The highest BCUT2D eigenvalue weighted by atomic mass is 28.3. The van der Waals surface area contributed by atoms with Gasteiger partial charge in [0.05, 0.1) is 38.7 Å². The minimum atomic E-state index is -1.23. The van der Waals surface area contributed by atoms with E-state index >= 15 is 0 Å². The van der Waals surface area contributed by atoms with Crippen LogP contribution in [0.25, 0.3) is 22.2 Å². The smallest absolute Gasteiger partial charge is 0.309 e. The first-order valence-electron chi connectivity index (χ1n) is 12.3. The Morgan fingerprint density at radius 2 is 1.76 bits per heavy atom. The summed E-state index contributed by atoms with van der Waals surface area (Å²) < 4.78 is 24.0. The van der Waals surface area contributed by atoms with E-state index in [0.717, 1.165) is 22.6 Å². The molecule has 9 nitrogen and oxygen atoms in total. The van der Waals surface area contributed by atoms with Gasteiger partial charge < -0.3 is 28.8 Å². The largest absolute Gasteiger partial charge is 0.496 e. The Morgan fingerprint density at radius 3 is 2.38 bits per heavy atom. The fraction of sp³-hybridized carbons (Fsp3) is 0.444. The number of carbonyl (C=O) groups excluding carboxylic acids is 2. The van der Waals surface area contributed by atoms with Gasteiger partial charge in [0.1, 0.15) is 29.7 Å². The molecule has 0 spiro atoms. The summed E-state index contributed by atoms with van der Waals surface area (Å²) in [5, 5.41) is 3.73. The lowest BCUT2D eigenvalue weighted by molar-refractivity contribution is -0.143. The van der Waals surface area contributed by atoms with Crippen LogP contribution in [0.3, 0.4) is 0 Å². The Hall–Kier alpha value is -3.37. The van der Waals surface area contributed by atoms with Crippen LogP contribution in [0.5, 0.6) is 11.5 Å². The van der Waals surface area contributed by atoms with E-state index in [0.29, 0.717) is 42.7 Å². The van der Waals surface area contributed by atoms with E-state index in [-0.39, 0.29) is 17.8 Å². The van der Waals surface area contributed by atoms with Crippen LogP contribution in [0.1, 0.15) is 6.42 Å². The van der Waals surface area contributed by atoms with Gasteiger partial charge in [-0.05, 0) is 36.7 Å². The van der Waals surface area contributed by atoms with Gasteiger partial charge in [-0.25, -0.2) is 4.98 Å². The highest BCUT2D eigenvalue weighted by Gasteiger charge is 2.49. The highest BCUT2D eigenvalue weighted by molar-refractivity contribution is 6.76. The lowest BCUT2D eigenvalue weighted by Gasteiger charge is -2.15. The summed E-state index contributed by atoms with van der Waals surface area (Å²) in [6.45, 7) is 7.92. The number of fused-ring (bicyclic) bond motifs is 1. The third-order valence-electron chi connectivity index (χ3n) is 6.53. The number of ether oxygens (including phenoxy) is 4. The summed E-state index contributed by atoms with van der Waals surface area (Å²) in [4.78, 5) is 29.2. The van der Waals surface area contributed by atoms with Crippen LogP contribution >= 0.6 is 0 Å². The molecule has 0 bridgehead atoms. The zero-order valence-corrected chi connectivity index (χ0v) is 23.3. The Bertz CT molecular complexity index is 1280. The first-order valence-corrected chi connectivity index (χ1v) is 16.0. The van der Waals surface area contributed by atoms with Gasteiger partial charge in [0.25, 0.3) is 0 Å². The molecule has 1 fully saturated rings. The molecule has 4 rings (SSSR count). The summed E-state index contributed by atoms with van der Waals surface area (Å²) >= 11 is 0. The van der Waals surface area contributed by atoms with Crippen molar-refractivity contribution in [3.05, 3.63) is 36.5 Å². The Labute approximate surface area is 218 Å². The van der Waals surface area contributed by atoms with Crippen molar-refractivity contribution in [2.75, 3.05) is 33.3 Å². The highest BCUT2D eigenvalue weighted by Crippen LogP contribution is 2.43. The number of nitrogens with zero attached hydrogens (tertiary/aromatic N) is 2. The molecule has 1 saturated carbocycles. The monoisotopic (exact) mass is 525 g/mol. The fourth-order valence-electron chi connectivity index (χ4n) is 4.30. The van der Waals surface area contributed by atoms with Crippen LogP contribution in [0.2, 0.25) is 25.7 Å². The van der Waals surface area contributed by atoms with Gasteiger partial charge in [-0.1, -0.05) is 25.7 Å². The van der Waals surface area contributed by atoms with Gasteiger partial charge in [-0.2, -0.15) is 0 Å². The van der Waals surface area contributed by atoms with E-state index in [9.17, 15) is 9.59 Å². The zero-order valence-electron chi connectivity index (χ0n) is 22.3. The molecule has 37 heavy (non-hydrogen) atoms. The number of aromatic nitrogens is 2. The number of esters is 1. The number of rotatable bonds is 11. The second-order valence-corrected chi connectivity index (χ2v) is 16.0. The second-order valence-electron chi connectivity index (χ2n) is 10.4. The molecule has 0 aliphatic heterocycles. The normalized spacial score (nSPS) is 16.9. The van der Waals surface area contributed by atoms with Crippen LogP contribution in [0.15, 0.2) is 36.5 Å². The minimum absolute atomic E-state index is 0.238. The molecule has 1 aromatic carbocycles. The predicted octanol–water partition coefficient (Wildman–Crippen LogP) is 4.78. The molecule has 1 amide bonds. The maximum absolute atomic E-state index is 12.7. The van der Waals surface area contributed by atoms with Crippen molar-refractivity contribution in [1.29, 1.82) is 0 Å². The number of hydrogen-bond donors (Lipinski definition) is 1. The molecule has 0 saturated heterocycles. The van der Waals surface area contributed by atoms with Crippen LogP contribution in [0.4, 0.5) is 5.82 Å². The molecular weight excluding hydrogens is 490 g/mol. The quantitative estimate of drug-likeness (QED) is 0.218. The third kappa shape index (κ3) is 5.97. The molecule has 1 aliphatic carbocycles. The number of hydrogen-bond acceptors (Lipinski definition) is 7. The van der Waals surface area contributed by atoms with Crippen molar-refractivity contribution in [3.63, 3.8) is 0 Å². The average molecular weight is 526 g/mol. The second kappa shape index (κ2) is 10.9. The predicted molar refractivity (Wildman–Crippen MR) is 145 cm³/mol. The van der Waals surface area contributed by atoms with E-state index < -0.39 is 14.0 Å². The standard InChI is InChI=1S/C27H35N3O6Si/c1-33-21-8-7-9-22(34-2)24(21)20-15-30(16-36-12-13-37(4,5)6)25-17(20)10-11-23(28-25)29-26(31)18-14-19(18)27(32)35-3/h7-11,15,18-19H,12-14,16H2,1-6H3,(H,28,29,31)/t18-,19+/m0/s1. The molecule has 1 N–H and O–H groups in total. The fourth-order valence-corrected chi connectivity index (χ4v) is 5.06. The van der Waals surface area contributed by atoms with E-state index in [4.69, 9.17) is 23.9 Å². The summed E-state index contributed by atoms with van der Waals surface area (Å²) in [6, 6.07) is 10.4. The third-order valence-corrected chi connectivity index (χ3v) is 8.23. The molecule has 3 aromatic rings. The molecule has 198 valence electrons. The van der Waals surface area contributed by atoms with Gasteiger partial charge in [0.15, 0.2) is 0 Å². The van der Waals surface area contributed by atoms with Crippen LogP contribution in [-0.2, 0) is 25.8 Å². The zero-order chi connectivity index (χ0) is 26.7. The Morgan fingerprint density at radius 1 is 1.05 bits per heavy atom. The molecule has 2 atom stereocenters. The first kappa shape index (κ1) is 26.7. The van der Waals surface area contributed by atoms with Gasteiger partial charge in [-0.15, -0.1) is 0 Å². The van der Waals surface area contributed by atoms with Crippen LogP contribution < -0.4 is 14.8 Å². The maximum Gasteiger partial charge on any atom is 0.309 e. The van der Waals surface area contributed by atoms with Crippen molar-refractivity contribution in [2.24, 2.45) is 11.8 Å². The van der Waals surface area contributed by atoms with E-state index in [1.54, 1.807) is 20.3 Å². The molecule has 10 heteroatoms. The summed E-state index contributed by atoms with van der Waals surface area (Å²) in [5.74, 6) is 0.391. The van der Waals surface area contributed by atoms with Gasteiger partial charge in [0.2, 0.25) is 5.91 Å². The van der Waals surface area contributed by atoms with Crippen molar-refractivity contribution >= 4 is 36.8 Å². The minimum Gasteiger partial charge on any atom is -0.496 e. The number of anilines is 1. The molecule has 2 aromatic heterocycles. The Kier molecular flexibility index (Phi) is 7.89. The van der Waals surface area contributed by atoms with Gasteiger partial charge in [-0.3, -0.25) is 9.59 Å². The molecule has 1 aliphatic rings. The molecule has 0 radical (unpaired) electrons. The molecule has 2 heterocycles. The molecular formula is C27H35N3O6Si. The Balaban J connectivity index is 1.68. The van der Waals surface area contributed by atoms with Gasteiger partial charge in [0, 0.05) is 31.8 Å². The number of methoxy groups -OCH3 is 3. The van der Waals surface area contributed by atoms with E-state index in [1.807, 2.05) is 35.0 Å². The first-order chi connectivity index (χ1) is 17.7. The lowest BCUT2D eigenvalue weighted by Crippen LogP contribution is -2.22. The number of nitrogens with one attached hydrogen (secondary N) is 1. The number of benzene rings is 1. The van der Waals surface area contributed by atoms with Crippen molar-refractivity contribution < 1.29 is 28.5 Å². The van der Waals surface area contributed by atoms with Crippen LogP contribution in [-0.4, -0.2) is 57.4 Å². The summed E-state index contributed by atoms with van der Waals surface area (Å²) in [5.41, 5.74) is 2.36. The van der Waals surface area contributed by atoms with E-state index in [2.05, 4.69) is 25.0 Å². The van der Waals surface area contributed by atoms with Crippen molar-refractivity contribution in [1.82, 2.24) is 9.55 Å². The summed E-state index contributed by atoms with van der Waals surface area (Å²) in [6.07, 6.45) is 2.46. The average Bonchev–Trinajstić information content (AvgIpc) is 3.61. The number of amides is 1. The topological polar surface area (TPSA) is 101 Å². The SMILES string of the molecule is COC(=O)[C@@H]1C[C@@H]1C(=O)Nc1ccc2c(-c3c(OC)cccc3OC)cn(COCC[Si](C)(C)C)c2n1. The number of pyridine rings is 1. The van der Waals surface area contributed by atoms with Crippen LogP contribution in [0, 0.1) is 11.8 Å².